The zero-order valence-corrected chi connectivity index (χ0v) is 10.3. The molecule has 0 bridgehead atoms. The molecule has 1 rings (SSSR count). The molecule has 0 saturated heterocycles. The second-order valence-electron chi connectivity index (χ2n) is 3.34. The van der Waals surface area contributed by atoms with Gasteiger partial charge in [0, 0.05) is 19.8 Å². The third-order valence-electron chi connectivity index (χ3n) is 2.07. The molecule has 6 heteroatoms. The zero-order valence-electron chi connectivity index (χ0n) is 10.3. The molecule has 0 aliphatic carbocycles. The molecule has 0 unspecified atom stereocenters. The second kappa shape index (κ2) is 7.65. The van der Waals surface area contributed by atoms with Gasteiger partial charge in [0.25, 0.3) is 0 Å². The molecule has 1 aromatic rings. The lowest BCUT2D eigenvalue weighted by atomic mass is 10.1. The van der Waals surface area contributed by atoms with Gasteiger partial charge in [-0.05, 0) is 18.2 Å². The fourth-order valence-electron chi connectivity index (χ4n) is 1.25. The molecule has 0 aromatic heterocycles. The third kappa shape index (κ3) is 3.99. The fraction of sp³-hybridized carbons (Fsp3) is 0.417. The number of hydrogen-bond acceptors (Lipinski definition) is 6. The van der Waals surface area contributed by atoms with E-state index in [1.54, 1.807) is 12.1 Å². The van der Waals surface area contributed by atoms with Gasteiger partial charge in [-0.3, -0.25) is 4.79 Å². The van der Waals surface area contributed by atoms with Crippen LogP contribution in [0.1, 0.15) is 10.4 Å². The van der Waals surface area contributed by atoms with Crippen molar-refractivity contribution in [3.8, 4) is 11.5 Å². The molecule has 0 saturated carbocycles. The summed E-state index contributed by atoms with van der Waals surface area (Å²) in [6.07, 6.45) is 0. The van der Waals surface area contributed by atoms with E-state index >= 15 is 0 Å². The lowest BCUT2D eigenvalue weighted by molar-refractivity contribution is 0.0322. The van der Waals surface area contributed by atoms with Gasteiger partial charge in [0.05, 0.1) is 0 Å². The van der Waals surface area contributed by atoms with E-state index in [0.29, 0.717) is 17.1 Å². The monoisotopic (exact) mass is 256 g/mol. The van der Waals surface area contributed by atoms with Crippen LogP contribution in [-0.2, 0) is 9.47 Å². The molecule has 0 radical (unpaired) electrons. The van der Waals surface area contributed by atoms with Crippen molar-refractivity contribution in [2.45, 2.75) is 0 Å². The highest BCUT2D eigenvalue weighted by atomic mass is 16.7. The van der Waals surface area contributed by atoms with Crippen molar-refractivity contribution in [2.75, 3.05) is 34.4 Å². The molecule has 0 atom stereocenters. The summed E-state index contributed by atoms with van der Waals surface area (Å²) in [4.78, 5) is 11.4. The highest BCUT2D eigenvalue weighted by molar-refractivity contribution is 5.97. The van der Waals surface area contributed by atoms with Crippen molar-refractivity contribution in [1.82, 2.24) is 0 Å². The van der Waals surface area contributed by atoms with Crippen molar-refractivity contribution in [3.05, 3.63) is 23.8 Å². The number of Topliss-reactive ketones (excluding diaryl/α,β-unsaturated/α-hetero) is 1. The molecule has 0 aliphatic heterocycles. The van der Waals surface area contributed by atoms with Crippen LogP contribution in [0.4, 0.5) is 0 Å². The number of methoxy groups -OCH3 is 2. The molecule has 0 spiro atoms. The Bertz CT molecular complexity index is 390. The van der Waals surface area contributed by atoms with E-state index in [1.165, 1.54) is 20.3 Å². The average molecular weight is 256 g/mol. The van der Waals surface area contributed by atoms with Crippen molar-refractivity contribution in [3.63, 3.8) is 0 Å². The van der Waals surface area contributed by atoms with Crippen molar-refractivity contribution in [2.24, 2.45) is 0 Å². The minimum Gasteiger partial charge on any atom is -0.464 e. The number of benzene rings is 1. The molecule has 0 heterocycles. The Labute approximate surface area is 105 Å². The van der Waals surface area contributed by atoms with E-state index in [0.717, 1.165) is 0 Å². The predicted molar refractivity (Wildman–Crippen MR) is 62.9 cm³/mol. The summed E-state index contributed by atoms with van der Waals surface area (Å²) in [6, 6.07) is 4.61. The first-order valence-corrected chi connectivity index (χ1v) is 5.24. The Morgan fingerprint density at radius 1 is 1.11 bits per heavy atom. The minimum absolute atomic E-state index is 0.0279. The number of ether oxygens (including phenoxy) is 4. The topological polar surface area (TPSA) is 74.2 Å². The van der Waals surface area contributed by atoms with E-state index < -0.39 is 12.4 Å². The van der Waals surface area contributed by atoms with Gasteiger partial charge < -0.3 is 24.1 Å². The summed E-state index contributed by atoms with van der Waals surface area (Å²) in [5.74, 6) is 0.396. The van der Waals surface area contributed by atoms with E-state index in [2.05, 4.69) is 0 Å². The molecule has 6 nitrogen and oxygen atoms in total. The smallest absolute Gasteiger partial charge is 0.188 e. The van der Waals surface area contributed by atoms with Crippen LogP contribution >= 0.6 is 0 Å². The first-order chi connectivity index (χ1) is 8.72. The number of ketones is 1. The first kappa shape index (κ1) is 14.4. The minimum atomic E-state index is -0.554. The van der Waals surface area contributed by atoms with Crippen molar-refractivity contribution < 1.29 is 28.8 Å². The number of rotatable bonds is 8. The largest absolute Gasteiger partial charge is 0.464 e. The fourth-order valence-corrected chi connectivity index (χ4v) is 1.25. The van der Waals surface area contributed by atoms with Crippen LogP contribution in [0, 0.1) is 0 Å². The molecule has 100 valence electrons. The normalized spacial score (nSPS) is 10.2. The molecular formula is C12H16O6. The maximum Gasteiger partial charge on any atom is 0.188 e. The maximum absolute atomic E-state index is 11.4. The van der Waals surface area contributed by atoms with Crippen LogP contribution in [0.25, 0.3) is 0 Å². The predicted octanol–water partition coefficient (Wildman–Crippen LogP) is 0.827. The summed E-state index contributed by atoms with van der Waals surface area (Å²) >= 11 is 0. The summed E-state index contributed by atoms with van der Waals surface area (Å²) < 4.78 is 20.1. The second-order valence-corrected chi connectivity index (χ2v) is 3.34. The molecule has 0 amide bonds. The van der Waals surface area contributed by atoms with Crippen LogP contribution in [0.3, 0.4) is 0 Å². The number of aliphatic hydroxyl groups excluding tert-OH is 1. The van der Waals surface area contributed by atoms with Gasteiger partial charge in [0.15, 0.2) is 30.9 Å². The molecule has 18 heavy (non-hydrogen) atoms. The van der Waals surface area contributed by atoms with Gasteiger partial charge in [0.1, 0.15) is 6.61 Å². The summed E-state index contributed by atoms with van der Waals surface area (Å²) in [7, 11) is 2.98. The Hall–Kier alpha value is -1.63. The zero-order chi connectivity index (χ0) is 13.4. The molecule has 1 aromatic carbocycles. The number of carbonyl (C=O) groups excluding carboxylic acids is 1. The van der Waals surface area contributed by atoms with Gasteiger partial charge in [-0.1, -0.05) is 0 Å². The molecular weight excluding hydrogens is 240 g/mol. The van der Waals surface area contributed by atoms with Crippen LogP contribution < -0.4 is 9.47 Å². The van der Waals surface area contributed by atoms with Gasteiger partial charge >= 0.3 is 0 Å². The van der Waals surface area contributed by atoms with Crippen LogP contribution in [0.2, 0.25) is 0 Å². The number of aliphatic hydroxyl groups is 1. The highest BCUT2D eigenvalue weighted by Gasteiger charge is 2.11. The molecule has 1 N–H and O–H groups in total. The Morgan fingerprint density at radius 3 is 2.28 bits per heavy atom. The van der Waals surface area contributed by atoms with E-state index in [-0.39, 0.29) is 13.6 Å². The summed E-state index contributed by atoms with van der Waals surface area (Å²) in [5.41, 5.74) is 0.341. The standard InChI is InChI=1S/C12H16O6/c1-15-7-17-11-4-3-9(10(14)6-13)5-12(11)18-8-16-2/h3-5,13H,6-8H2,1-2H3. The highest BCUT2D eigenvalue weighted by Crippen LogP contribution is 2.28. The van der Waals surface area contributed by atoms with Gasteiger partial charge in [-0.2, -0.15) is 0 Å². The van der Waals surface area contributed by atoms with E-state index in [1.807, 2.05) is 0 Å². The Kier molecular flexibility index (Phi) is 6.13. The third-order valence-corrected chi connectivity index (χ3v) is 2.07. The van der Waals surface area contributed by atoms with Crippen molar-refractivity contribution >= 4 is 5.78 Å². The van der Waals surface area contributed by atoms with Crippen LogP contribution in [0.15, 0.2) is 18.2 Å². The maximum atomic E-state index is 11.4. The molecule has 0 aliphatic rings. The van der Waals surface area contributed by atoms with Crippen LogP contribution in [-0.4, -0.2) is 45.3 Å². The van der Waals surface area contributed by atoms with Crippen molar-refractivity contribution in [1.29, 1.82) is 0 Å². The Morgan fingerprint density at radius 2 is 1.72 bits per heavy atom. The Balaban J connectivity index is 2.92. The summed E-state index contributed by atoms with van der Waals surface area (Å²) in [6.45, 7) is -0.460. The lowest BCUT2D eigenvalue weighted by Gasteiger charge is -2.12. The van der Waals surface area contributed by atoms with Gasteiger partial charge in [0.2, 0.25) is 0 Å². The first-order valence-electron chi connectivity index (χ1n) is 5.24. The van der Waals surface area contributed by atoms with E-state index in [4.69, 9.17) is 24.1 Å². The van der Waals surface area contributed by atoms with Gasteiger partial charge in [-0.25, -0.2) is 0 Å². The summed E-state index contributed by atoms with van der Waals surface area (Å²) in [5, 5.41) is 8.80. The number of carbonyl (C=O) groups is 1. The van der Waals surface area contributed by atoms with Gasteiger partial charge in [-0.15, -0.1) is 0 Å². The molecule has 0 fully saturated rings. The van der Waals surface area contributed by atoms with Crippen LogP contribution in [0.5, 0.6) is 11.5 Å². The average Bonchev–Trinajstić information content (AvgIpc) is 2.42. The number of hydrogen-bond donors (Lipinski definition) is 1. The quantitative estimate of drug-likeness (QED) is 0.548. The van der Waals surface area contributed by atoms with E-state index in [9.17, 15) is 4.79 Å². The lowest BCUT2D eigenvalue weighted by Crippen LogP contribution is -2.08. The SMILES string of the molecule is COCOc1ccc(C(=O)CO)cc1OCOC.